The first-order valence-corrected chi connectivity index (χ1v) is 23.0. The highest BCUT2D eigenvalue weighted by Gasteiger charge is 2.29. The number of hydrogen-bond acceptors (Lipinski definition) is 16. The van der Waals surface area contributed by atoms with Gasteiger partial charge in [-0.25, -0.2) is 28.8 Å². The maximum absolute atomic E-state index is 12.9. The Kier molecular flexibility index (Phi) is 23.5. The quantitative estimate of drug-likeness (QED) is 0.0292. The molecule has 1 aromatic carbocycles. The van der Waals surface area contributed by atoms with Gasteiger partial charge in [-0.15, -0.1) is 0 Å². The molecule has 3 aromatic rings. The molecule has 0 aliphatic heterocycles. The van der Waals surface area contributed by atoms with Crippen LogP contribution in [0.3, 0.4) is 0 Å². The first-order valence-electron chi connectivity index (χ1n) is 23.0. The summed E-state index contributed by atoms with van der Waals surface area (Å²) in [6.45, 7) is 0. The Morgan fingerprint density at radius 2 is 0.803 bits per heavy atom. The molecule has 0 spiro atoms. The van der Waals surface area contributed by atoms with Crippen molar-refractivity contribution in [3.63, 3.8) is 0 Å². The summed E-state index contributed by atoms with van der Waals surface area (Å²) in [4.78, 5) is 179. The second-order valence-electron chi connectivity index (χ2n) is 17.0. The van der Waals surface area contributed by atoms with Crippen LogP contribution < -0.4 is 43.2 Å². The number of benzene rings is 1. The zero-order valence-electron chi connectivity index (χ0n) is 40.1. The number of nitrogens with two attached hydrogens (primary N) is 1. The molecule has 0 aliphatic rings. The van der Waals surface area contributed by atoms with Gasteiger partial charge in [0.1, 0.15) is 41.9 Å². The highest BCUT2D eigenvalue weighted by Crippen LogP contribution is 2.17. The Balaban J connectivity index is 1.43. The predicted molar refractivity (Wildman–Crippen MR) is 255 cm³/mol. The number of nitrogens with one attached hydrogen (secondary N) is 8. The highest BCUT2D eigenvalue weighted by molar-refractivity contribution is 5.97. The lowest BCUT2D eigenvalue weighted by atomic mass is 10.0. The van der Waals surface area contributed by atoms with Crippen molar-refractivity contribution in [1.29, 1.82) is 0 Å². The second-order valence-corrected chi connectivity index (χ2v) is 17.0. The molecule has 2 aromatic heterocycles. The third-order valence-corrected chi connectivity index (χ3v) is 11.3. The van der Waals surface area contributed by atoms with Crippen LogP contribution in [-0.4, -0.2) is 164 Å². The van der Waals surface area contributed by atoms with Gasteiger partial charge in [-0.3, -0.25) is 43.3 Å². The Hall–Kier alpha value is -9.45. The predicted octanol–water partition coefficient (Wildman–Crippen LogP) is -2.59. The van der Waals surface area contributed by atoms with E-state index >= 15 is 0 Å². The number of rotatable bonds is 34. The van der Waals surface area contributed by atoms with Gasteiger partial charge in [-0.05, 0) is 74.6 Å². The third kappa shape index (κ3) is 20.6. The number of H-pyrrole nitrogens is 2. The van der Waals surface area contributed by atoms with E-state index < -0.39 is 196 Å². The summed E-state index contributed by atoms with van der Waals surface area (Å²) < 4.78 is 0. The van der Waals surface area contributed by atoms with Gasteiger partial charge >= 0.3 is 41.8 Å². The number of carbonyl (C=O) groups is 13. The van der Waals surface area contributed by atoms with E-state index in [2.05, 4.69) is 41.5 Å². The van der Waals surface area contributed by atoms with Crippen molar-refractivity contribution in [2.24, 2.45) is 0 Å². The highest BCUT2D eigenvalue weighted by atomic mass is 16.4. The lowest BCUT2D eigenvalue weighted by molar-refractivity contribution is -0.144. The Bertz CT molecular complexity index is 2740. The number of aromatic amines is 2. The number of nitrogen functional groups attached to an aromatic ring is 1. The lowest BCUT2D eigenvalue weighted by Crippen LogP contribution is -2.46. The number of nitrogens with zero attached hydrogens (tertiary/aromatic N) is 1. The molecular formula is C45H56N10O21. The summed E-state index contributed by atoms with van der Waals surface area (Å²) in [5, 5.41) is 79.1. The Morgan fingerprint density at radius 3 is 1.13 bits per heavy atom. The number of amides is 6. The van der Waals surface area contributed by atoms with Crippen LogP contribution in [0.2, 0.25) is 0 Å². The molecule has 0 bridgehead atoms. The summed E-state index contributed by atoms with van der Waals surface area (Å²) >= 11 is 0. The third-order valence-electron chi connectivity index (χ3n) is 11.3. The van der Waals surface area contributed by atoms with Crippen LogP contribution >= 0.6 is 0 Å². The smallest absolute Gasteiger partial charge is 0.326 e. The van der Waals surface area contributed by atoms with Gasteiger partial charge in [0.05, 0.1) is 5.39 Å². The zero-order chi connectivity index (χ0) is 56.8. The van der Waals surface area contributed by atoms with Crippen LogP contribution in [0, 0.1) is 0 Å². The number of aliphatic carboxylic acids is 7. The lowest BCUT2D eigenvalue weighted by Gasteiger charge is -2.19. The molecule has 0 saturated heterocycles. The van der Waals surface area contributed by atoms with Crippen LogP contribution in [0.5, 0.6) is 0 Å². The van der Waals surface area contributed by atoms with Crippen molar-refractivity contribution in [1.82, 2.24) is 46.9 Å². The Labute approximate surface area is 427 Å². The van der Waals surface area contributed by atoms with E-state index in [1.165, 1.54) is 12.1 Å². The molecule has 31 nitrogen and oxygen atoms in total. The Morgan fingerprint density at radius 1 is 0.474 bits per heavy atom. The van der Waals surface area contributed by atoms with E-state index in [-0.39, 0.29) is 11.5 Å². The van der Waals surface area contributed by atoms with Crippen LogP contribution in [0.15, 0.2) is 35.3 Å². The average Bonchev–Trinajstić information content (AvgIpc) is 3.75. The normalized spacial score (nSPS) is 13.3. The maximum Gasteiger partial charge on any atom is 0.326 e. The van der Waals surface area contributed by atoms with Crippen LogP contribution in [0.25, 0.3) is 11.0 Å². The molecule has 2 heterocycles. The summed E-state index contributed by atoms with van der Waals surface area (Å²) in [5.41, 5.74) is 7.03. The molecule has 6 atom stereocenters. The van der Waals surface area contributed by atoms with Gasteiger partial charge in [-0.1, -0.05) is 12.1 Å². The van der Waals surface area contributed by atoms with Crippen molar-refractivity contribution < 1.29 is 98.1 Å². The molecule has 1 unspecified atom stereocenters. The molecule has 31 heteroatoms. The van der Waals surface area contributed by atoms with Gasteiger partial charge in [0.25, 0.3) is 11.5 Å². The van der Waals surface area contributed by atoms with E-state index in [4.69, 9.17) is 10.8 Å². The fraction of sp³-hybridized carbons (Fsp3) is 0.444. The number of anilines is 1. The molecule has 0 saturated carbocycles. The van der Waals surface area contributed by atoms with Crippen molar-refractivity contribution in [2.45, 2.75) is 126 Å². The van der Waals surface area contributed by atoms with Crippen molar-refractivity contribution >= 4 is 94.2 Å². The number of aromatic nitrogens is 3. The molecule has 0 radical (unpaired) electrons. The average molecular weight is 1070 g/mol. The standard InChI is InChI=1S/C45H56N10O21/c46-45-54-36-35(38(64)55-45)22(19-47-36)6-3-20-1-4-21(5-2-20)37(63)53-28(44(75)76)11-17-33(60)51-26(42(71)72)9-15-31(58)49-24(40(67)68)7-13-29(56)48-23(39(65)66)8-14-30(57)50-25(41(69)70)10-16-32(59)52-27(43(73)74)12-18-34(61)62/h1-2,4-5,19,23-28H,3,6-18H2,(H,48,56)(H,49,58)(H,50,57)(H,51,60)(H,52,59)(H,53,63)(H,61,62)(H,65,66)(H,67,68)(H,69,70)(H,71,72)(H,73,74)(H,75,76)(H4,46,47,54,55,64)/t23-,24-,25?,26-,27-,28-/m0/s1. The summed E-state index contributed by atoms with van der Waals surface area (Å²) in [6.07, 6.45) is -4.75. The van der Waals surface area contributed by atoms with Crippen molar-refractivity contribution in [3.05, 3.63) is 57.5 Å². The first kappa shape index (κ1) is 60.9. The number of hydrogen-bond donors (Lipinski definition) is 16. The van der Waals surface area contributed by atoms with Crippen molar-refractivity contribution in [3.8, 4) is 0 Å². The van der Waals surface area contributed by atoms with E-state index in [0.717, 1.165) is 5.56 Å². The number of carboxylic acids is 7. The zero-order valence-corrected chi connectivity index (χ0v) is 40.1. The van der Waals surface area contributed by atoms with E-state index in [1.807, 2.05) is 5.32 Å². The fourth-order valence-electron chi connectivity index (χ4n) is 7.18. The van der Waals surface area contributed by atoms with Gasteiger partial charge in [0.2, 0.25) is 35.5 Å². The van der Waals surface area contributed by atoms with Gasteiger partial charge < -0.3 is 78.4 Å². The molecule has 6 amide bonds. The first-order chi connectivity index (χ1) is 35.7. The number of aryl methyl sites for hydroxylation is 2. The minimum Gasteiger partial charge on any atom is -0.481 e. The largest absolute Gasteiger partial charge is 0.481 e. The van der Waals surface area contributed by atoms with Crippen molar-refractivity contribution in [2.75, 3.05) is 5.73 Å². The molecule has 0 fully saturated rings. The number of carboxylic acid groups (broad SMARTS) is 7. The van der Waals surface area contributed by atoms with Gasteiger partial charge in [-0.2, -0.15) is 4.98 Å². The van der Waals surface area contributed by atoms with Crippen LogP contribution in [0.1, 0.15) is 98.5 Å². The van der Waals surface area contributed by atoms with Gasteiger partial charge in [0, 0.05) is 50.3 Å². The second kappa shape index (κ2) is 29.3. The molecule has 76 heavy (non-hydrogen) atoms. The van der Waals surface area contributed by atoms with Crippen LogP contribution in [0.4, 0.5) is 5.95 Å². The SMILES string of the molecule is Nc1nc2[nH]cc(CCc3ccc(C(=O)N[C@@H](CCC(=O)N[C@@H](CCC(=O)N[C@@H](CCC(=O)N[C@@H](CCC(=O)NC(CCC(=O)N[C@@H](CCC(=O)O)C(=O)O)C(=O)O)C(=O)O)C(=O)O)C(=O)O)C(=O)O)cc3)c2c(=O)[nH]1. The molecule has 412 valence electrons. The molecular weight excluding hydrogens is 1020 g/mol. The van der Waals surface area contributed by atoms with E-state index in [0.29, 0.717) is 29.4 Å². The maximum atomic E-state index is 12.9. The molecule has 17 N–H and O–H groups in total. The van der Waals surface area contributed by atoms with E-state index in [9.17, 15) is 97.8 Å². The summed E-state index contributed by atoms with van der Waals surface area (Å²) in [6, 6.07) is -4.05. The van der Waals surface area contributed by atoms with Gasteiger partial charge in [0.15, 0.2) is 0 Å². The number of fused-ring (bicyclic) bond motifs is 1. The summed E-state index contributed by atoms with van der Waals surface area (Å²) in [7, 11) is 0. The van der Waals surface area contributed by atoms with E-state index in [1.54, 1.807) is 18.3 Å². The monoisotopic (exact) mass is 1070 g/mol. The summed E-state index contributed by atoms with van der Waals surface area (Å²) in [5.74, 6) is -16.8. The fourth-order valence-corrected chi connectivity index (χ4v) is 7.18. The topological polar surface area (TPSA) is 523 Å². The molecule has 0 aliphatic carbocycles. The minimum atomic E-state index is -1.77. The number of carbonyl (C=O) groups excluding carboxylic acids is 6. The molecule has 3 rings (SSSR count). The van der Waals surface area contributed by atoms with Crippen LogP contribution in [-0.2, 0) is 70.4 Å². The minimum absolute atomic E-state index is 0.0438.